The van der Waals surface area contributed by atoms with Crippen LogP contribution in [0.1, 0.15) is 45.7 Å². The van der Waals surface area contributed by atoms with E-state index in [1.807, 2.05) is 57.2 Å². The first-order chi connectivity index (χ1) is 11.3. The third kappa shape index (κ3) is 4.60. The Hall–Kier alpha value is -2.30. The molecule has 0 bridgehead atoms. The van der Waals surface area contributed by atoms with E-state index in [1.165, 1.54) is 0 Å². The van der Waals surface area contributed by atoms with Crippen molar-refractivity contribution in [2.45, 2.75) is 45.8 Å². The van der Waals surface area contributed by atoms with E-state index in [1.54, 1.807) is 11.8 Å². The number of carbonyl (C=O) groups excluding carboxylic acids is 2. The van der Waals surface area contributed by atoms with Crippen LogP contribution in [0.5, 0.6) is 0 Å². The third-order valence-electron chi connectivity index (χ3n) is 3.65. The lowest BCUT2D eigenvalue weighted by Gasteiger charge is -2.36. The fraction of sp³-hybridized carbons (Fsp3) is 0.474. The van der Waals surface area contributed by atoms with E-state index in [4.69, 9.17) is 9.47 Å². The van der Waals surface area contributed by atoms with Crippen molar-refractivity contribution >= 4 is 12.1 Å². The Morgan fingerprint density at radius 2 is 1.88 bits per heavy atom. The summed E-state index contributed by atoms with van der Waals surface area (Å²) in [6, 6.07) is 9.61. The molecule has 0 aromatic heterocycles. The van der Waals surface area contributed by atoms with Gasteiger partial charge in [-0.25, -0.2) is 9.59 Å². The van der Waals surface area contributed by atoms with Gasteiger partial charge in [-0.2, -0.15) is 0 Å². The molecule has 130 valence electrons. The van der Waals surface area contributed by atoms with Crippen LogP contribution >= 0.6 is 0 Å². The van der Waals surface area contributed by atoms with Crippen LogP contribution in [0.25, 0.3) is 0 Å². The summed E-state index contributed by atoms with van der Waals surface area (Å²) in [5.41, 5.74) is 0.918. The van der Waals surface area contributed by atoms with Gasteiger partial charge >= 0.3 is 12.1 Å². The minimum Gasteiger partial charge on any atom is -0.463 e. The Bertz CT molecular complexity index is 616. The highest BCUT2D eigenvalue weighted by molar-refractivity contribution is 5.90. The van der Waals surface area contributed by atoms with Crippen LogP contribution < -0.4 is 0 Å². The second-order valence-corrected chi connectivity index (χ2v) is 6.72. The van der Waals surface area contributed by atoms with Crippen LogP contribution in [-0.4, -0.2) is 35.7 Å². The van der Waals surface area contributed by atoms with Gasteiger partial charge in [-0.05, 0) is 39.7 Å². The zero-order chi connectivity index (χ0) is 17.7. The third-order valence-corrected chi connectivity index (χ3v) is 3.65. The van der Waals surface area contributed by atoms with Crippen LogP contribution in [0.2, 0.25) is 0 Å². The zero-order valence-electron chi connectivity index (χ0n) is 14.7. The van der Waals surface area contributed by atoms with Crippen molar-refractivity contribution in [1.82, 2.24) is 4.90 Å². The maximum atomic E-state index is 12.6. The second kappa shape index (κ2) is 7.51. The number of carbonyl (C=O) groups is 2. The van der Waals surface area contributed by atoms with Crippen molar-refractivity contribution in [2.24, 2.45) is 0 Å². The van der Waals surface area contributed by atoms with Gasteiger partial charge in [0.05, 0.1) is 24.8 Å². The largest absolute Gasteiger partial charge is 0.463 e. The van der Waals surface area contributed by atoms with E-state index < -0.39 is 11.7 Å². The molecule has 0 saturated heterocycles. The number of ether oxygens (including phenoxy) is 2. The summed E-state index contributed by atoms with van der Waals surface area (Å²) in [4.78, 5) is 26.3. The molecule has 0 N–H and O–H groups in total. The highest BCUT2D eigenvalue weighted by Crippen LogP contribution is 2.31. The Morgan fingerprint density at radius 3 is 2.46 bits per heavy atom. The van der Waals surface area contributed by atoms with E-state index in [0.29, 0.717) is 18.6 Å². The summed E-state index contributed by atoms with van der Waals surface area (Å²) in [5, 5.41) is 0. The smallest absolute Gasteiger partial charge is 0.411 e. The Kier molecular flexibility index (Phi) is 5.65. The molecule has 1 aliphatic heterocycles. The maximum absolute atomic E-state index is 12.6. The second-order valence-electron chi connectivity index (χ2n) is 6.72. The molecular weight excluding hydrogens is 306 g/mol. The summed E-state index contributed by atoms with van der Waals surface area (Å²) in [6.07, 6.45) is 1.99. The van der Waals surface area contributed by atoms with Crippen molar-refractivity contribution in [3.05, 3.63) is 47.5 Å². The van der Waals surface area contributed by atoms with E-state index in [-0.39, 0.29) is 18.6 Å². The fourth-order valence-electron chi connectivity index (χ4n) is 2.61. The molecule has 2 rings (SSSR count). The topological polar surface area (TPSA) is 55.8 Å². The van der Waals surface area contributed by atoms with Crippen molar-refractivity contribution in [3.8, 4) is 0 Å². The lowest BCUT2D eigenvalue weighted by molar-refractivity contribution is -0.139. The molecule has 1 aliphatic rings. The number of hydrogen-bond acceptors (Lipinski definition) is 4. The molecule has 24 heavy (non-hydrogen) atoms. The molecule has 1 aromatic carbocycles. The Morgan fingerprint density at radius 1 is 1.21 bits per heavy atom. The number of esters is 1. The molecule has 0 radical (unpaired) electrons. The average molecular weight is 331 g/mol. The van der Waals surface area contributed by atoms with Gasteiger partial charge in [0, 0.05) is 0 Å². The summed E-state index contributed by atoms with van der Waals surface area (Å²) in [7, 11) is 0. The molecular formula is C19H25NO4. The molecule has 0 spiro atoms. The minimum absolute atomic E-state index is 0.153. The minimum atomic E-state index is -0.594. The first-order valence-corrected chi connectivity index (χ1v) is 8.22. The Labute approximate surface area is 143 Å². The highest BCUT2D eigenvalue weighted by Gasteiger charge is 2.33. The van der Waals surface area contributed by atoms with E-state index in [9.17, 15) is 9.59 Å². The molecule has 0 fully saturated rings. The zero-order valence-corrected chi connectivity index (χ0v) is 14.7. The number of amides is 1. The Balaban J connectivity index is 2.27. The summed E-state index contributed by atoms with van der Waals surface area (Å²) in [5.74, 6) is -0.377. The molecule has 1 heterocycles. The van der Waals surface area contributed by atoms with Gasteiger partial charge in [0.15, 0.2) is 0 Å². The van der Waals surface area contributed by atoms with Gasteiger partial charge in [0.2, 0.25) is 0 Å². The van der Waals surface area contributed by atoms with Crippen molar-refractivity contribution in [1.29, 1.82) is 0 Å². The van der Waals surface area contributed by atoms with Gasteiger partial charge in [-0.1, -0.05) is 36.4 Å². The van der Waals surface area contributed by atoms with Gasteiger partial charge in [0.25, 0.3) is 0 Å². The maximum Gasteiger partial charge on any atom is 0.411 e. The van der Waals surface area contributed by atoms with Gasteiger partial charge in [0.1, 0.15) is 5.60 Å². The average Bonchev–Trinajstić information content (AvgIpc) is 2.54. The first-order valence-electron chi connectivity index (χ1n) is 8.22. The van der Waals surface area contributed by atoms with Crippen LogP contribution in [0.3, 0.4) is 0 Å². The van der Waals surface area contributed by atoms with Crippen molar-refractivity contribution in [3.63, 3.8) is 0 Å². The van der Waals surface area contributed by atoms with Crippen molar-refractivity contribution in [2.75, 3.05) is 13.2 Å². The molecule has 0 saturated carbocycles. The van der Waals surface area contributed by atoms with E-state index in [2.05, 4.69) is 0 Å². The van der Waals surface area contributed by atoms with Gasteiger partial charge in [-0.3, -0.25) is 4.90 Å². The number of rotatable bonds is 3. The standard InChI is InChI=1S/C19H25NO4/c1-5-23-17(21)15-11-12-16(14-9-7-6-8-10-14)20(13-15)18(22)24-19(2,3)4/h6-11,16H,5,12-13H2,1-4H3/t16-/m0/s1. The lowest BCUT2D eigenvalue weighted by atomic mass is 9.96. The normalized spacial score (nSPS) is 17.9. The molecule has 5 heteroatoms. The van der Waals surface area contributed by atoms with E-state index >= 15 is 0 Å². The lowest BCUT2D eigenvalue weighted by Crippen LogP contribution is -2.43. The first kappa shape index (κ1) is 18.0. The number of benzene rings is 1. The summed E-state index contributed by atoms with van der Waals surface area (Å²) in [6.45, 7) is 7.75. The number of nitrogens with zero attached hydrogens (tertiary/aromatic N) is 1. The van der Waals surface area contributed by atoms with Gasteiger partial charge < -0.3 is 9.47 Å². The monoisotopic (exact) mass is 331 g/mol. The van der Waals surface area contributed by atoms with Gasteiger partial charge in [-0.15, -0.1) is 0 Å². The molecule has 1 amide bonds. The van der Waals surface area contributed by atoms with Crippen LogP contribution in [0.15, 0.2) is 42.0 Å². The van der Waals surface area contributed by atoms with Crippen molar-refractivity contribution < 1.29 is 19.1 Å². The predicted molar refractivity (Wildman–Crippen MR) is 91.5 cm³/mol. The summed E-state index contributed by atoms with van der Waals surface area (Å²) < 4.78 is 10.6. The molecule has 1 atom stereocenters. The fourth-order valence-corrected chi connectivity index (χ4v) is 2.61. The van der Waals surface area contributed by atoms with Crippen LogP contribution in [0, 0.1) is 0 Å². The number of hydrogen-bond donors (Lipinski definition) is 0. The quantitative estimate of drug-likeness (QED) is 0.789. The van der Waals surface area contributed by atoms with Crippen LogP contribution in [0.4, 0.5) is 4.79 Å². The summed E-state index contributed by atoms with van der Waals surface area (Å²) >= 11 is 0. The molecule has 1 aromatic rings. The highest BCUT2D eigenvalue weighted by atomic mass is 16.6. The van der Waals surface area contributed by atoms with Crippen LogP contribution in [-0.2, 0) is 14.3 Å². The molecule has 0 unspecified atom stereocenters. The predicted octanol–water partition coefficient (Wildman–Crippen LogP) is 3.86. The SMILES string of the molecule is CCOC(=O)C1=CC[C@@H](c2ccccc2)N(C(=O)OC(C)(C)C)C1. The molecule has 0 aliphatic carbocycles. The van der Waals surface area contributed by atoms with E-state index in [0.717, 1.165) is 5.56 Å². The molecule has 5 nitrogen and oxygen atoms in total.